The minimum absolute atomic E-state index is 0.227. The zero-order chi connectivity index (χ0) is 28.7. The highest BCUT2D eigenvalue weighted by Crippen LogP contribution is 2.44. The molecule has 3 aromatic carbocycles. The first-order valence-electron chi connectivity index (χ1n) is 13.3. The van der Waals surface area contributed by atoms with Crippen molar-refractivity contribution in [1.82, 2.24) is 9.97 Å². The van der Waals surface area contributed by atoms with Gasteiger partial charge >= 0.3 is 8.25 Å². The van der Waals surface area contributed by atoms with Gasteiger partial charge in [-0.1, -0.05) is 54.6 Å². The fourth-order valence-electron chi connectivity index (χ4n) is 5.38. The highest BCUT2D eigenvalue weighted by atomic mass is 31.1. The molecule has 1 aromatic heterocycles. The lowest BCUT2D eigenvalue weighted by Gasteiger charge is -2.37. The summed E-state index contributed by atoms with van der Waals surface area (Å²) in [5.74, 6) is 1.67. The molecular weight excluding hydrogens is 543 g/mol. The molecule has 0 aliphatic heterocycles. The second-order valence-electron chi connectivity index (χ2n) is 9.72. The Hall–Kier alpha value is -3.88. The van der Waals surface area contributed by atoms with E-state index >= 15 is 0 Å². The molecule has 212 valence electrons. The molecule has 4 aromatic rings. The molecule has 1 unspecified atom stereocenters. The van der Waals surface area contributed by atoms with Crippen LogP contribution in [0.5, 0.6) is 17.4 Å². The Morgan fingerprint density at radius 1 is 0.854 bits per heavy atom. The third-order valence-corrected chi connectivity index (χ3v) is 7.79. The third kappa shape index (κ3) is 6.55. The molecule has 0 saturated heterocycles. The smallest absolute Gasteiger partial charge is 0.497 e. The summed E-state index contributed by atoms with van der Waals surface area (Å²) in [5.41, 5.74) is 1.70. The Labute approximate surface area is 240 Å². The molecular formula is C31H32N2O7P+. The largest absolute Gasteiger partial charge is 0.695 e. The van der Waals surface area contributed by atoms with Crippen molar-refractivity contribution in [3.8, 4) is 17.4 Å². The predicted molar refractivity (Wildman–Crippen MR) is 152 cm³/mol. The standard InChI is InChI=1S/C31H31N2O7P/c1-36-26-12-8-24(9-13-26)31(23-6-4-3-5-7-23,25-10-14-27(37-2)15-11-25)38-20-22-18-28(19-29(22)40-41(34)35)39-30-16-17-32-21-33-30/h3-17,21-22,28-29H,18-20H2,1-2H3/p+1/t22-,28-,29+/m1/s1. The van der Waals surface area contributed by atoms with Crippen molar-refractivity contribution < 1.29 is 32.9 Å². The summed E-state index contributed by atoms with van der Waals surface area (Å²) >= 11 is 0. The maximum absolute atomic E-state index is 11.8. The Kier molecular flexibility index (Phi) is 9.21. The van der Waals surface area contributed by atoms with Crippen LogP contribution in [0.4, 0.5) is 0 Å². The lowest BCUT2D eigenvalue weighted by Crippen LogP contribution is -2.36. The summed E-state index contributed by atoms with van der Waals surface area (Å²) in [6.45, 7) is 0.227. The lowest BCUT2D eigenvalue weighted by molar-refractivity contribution is -0.0260. The van der Waals surface area contributed by atoms with Gasteiger partial charge in [0.2, 0.25) is 5.88 Å². The molecule has 1 heterocycles. The summed E-state index contributed by atoms with van der Waals surface area (Å²) in [6, 6.07) is 27.2. The van der Waals surface area contributed by atoms with Gasteiger partial charge in [-0.2, -0.15) is 0 Å². The van der Waals surface area contributed by atoms with Crippen LogP contribution in [0.15, 0.2) is 97.5 Å². The zero-order valence-corrected chi connectivity index (χ0v) is 23.7. The van der Waals surface area contributed by atoms with Crippen LogP contribution in [0.3, 0.4) is 0 Å². The Bertz CT molecular complexity index is 1360. The average molecular weight is 576 g/mol. The van der Waals surface area contributed by atoms with E-state index in [1.807, 2.05) is 78.9 Å². The summed E-state index contributed by atoms with van der Waals surface area (Å²) in [5, 5.41) is 0. The Balaban J connectivity index is 1.52. The average Bonchev–Trinajstić information content (AvgIpc) is 3.38. The topological polar surface area (TPSA) is 109 Å². The molecule has 0 spiro atoms. The molecule has 1 fully saturated rings. The van der Waals surface area contributed by atoms with E-state index < -0.39 is 20.0 Å². The van der Waals surface area contributed by atoms with E-state index in [1.54, 1.807) is 26.5 Å². The van der Waals surface area contributed by atoms with Gasteiger partial charge in [0.1, 0.15) is 35.6 Å². The number of aromatic nitrogens is 2. The molecule has 1 aliphatic rings. The fraction of sp³-hybridized carbons (Fsp3) is 0.290. The molecule has 0 radical (unpaired) electrons. The van der Waals surface area contributed by atoms with Crippen molar-refractivity contribution in [3.63, 3.8) is 0 Å². The summed E-state index contributed by atoms with van der Waals surface area (Å²) in [6.07, 6.45) is 3.18. The van der Waals surface area contributed by atoms with Crippen molar-refractivity contribution in [1.29, 1.82) is 0 Å². The molecule has 1 aliphatic carbocycles. The molecule has 0 bridgehead atoms. The predicted octanol–water partition coefficient (Wildman–Crippen LogP) is 5.69. The molecule has 1 N–H and O–H groups in total. The Morgan fingerprint density at radius 2 is 1.46 bits per heavy atom. The number of hydrogen-bond acceptors (Lipinski definition) is 8. The van der Waals surface area contributed by atoms with Crippen molar-refractivity contribution in [2.45, 2.75) is 30.7 Å². The number of hydrogen-bond donors (Lipinski definition) is 1. The third-order valence-electron chi connectivity index (χ3n) is 7.34. The van der Waals surface area contributed by atoms with E-state index in [1.165, 1.54) is 6.33 Å². The second-order valence-corrected chi connectivity index (χ2v) is 10.4. The first-order valence-corrected chi connectivity index (χ1v) is 14.4. The normalized spacial score (nSPS) is 19.0. The van der Waals surface area contributed by atoms with Crippen molar-refractivity contribution in [2.75, 3.05) is 20.8 Å². The lowest BCUT2D eigenvalue weighted by atomic mass is 9.80. The van der Waals surface area contributed by atoms with E-state index in [2.05, 4.69) is 9.97 Å². The summed E-state index contributed by atoms with van der Waals surface area (Å²) < 4.78 is 41.2. The zero-order valence-electron chi connectivity index (χ0n) is 22.8. The van der Waals surface area contributed by atoms with Crippen molar-refractivity contribution >= 4 is 8.25 Å². The van der Waals surface area contributed by atoms with Crippen molar-refractivity contribution in [2.24, 2.45) is 5.92 Å². The first kappa shape index (κ1) is 28.6. The molecule has 0 amide bonds. The first-order chi connectivity index (χ1) is 20.0. The molecule has 4 atom stereocenters. The van der Waals surface area contributed by atoms with E-state index in [4.69, 9.17) is 23.5 Å². The number of benzene rings is 3. The highest BCUT2D eigenvalue weighted by molar-refractivity contribution is 7.32. The summed E-state index contributed by atoms with van der Waals surface area (Å²) in [4.78, 5) is 17.7. The Morgan fingerprint density at radius 3 is 2.00 bits per heavy atom. The van der Waals surface area contributed by atoms with Crippen LogP contribution in [0.2, 0.25) is 0 Å². The number of ether oxygens (including phenoxy) is 4. The van der Waals surface area contributed by atoms with E-state index in [0.717, 1.165) is 28.2 Å². The molecule has 5 rings (SSSR count). The van der Waals surface area contributed by atoms with Crippen LogP contribution >= 0.6 is 8.25 Å². The quantitative estimate of drug-likeness (QED) is 0.168. The second kappa shape index (κ2) is 13.2. The monoisotopic (exact) mass is 575 g/mol. The van der Waals surface area contributed by atoms with Gasteiger partial charge in [-0.15, -0.1) is 9.42 Å². The van der Waals surface area contributed by atoms with Gasteiger partial charge < -0.3 is 18.9 Å². The van der Waals surface area contributed by atoms with Gasteiger partial charge in [-0.05, 0) is 47.4 Å². The van der Waals surface area contributed by atoms with Gasteiger partial charge in [0, 0.05) is 29.2 Å². The van der Waals surface area contributed by atoms with Gasteiger partial charge in [0.15, 0.2) is 0 Å². The van der Waals surface area contributed by atoms with Crippen molar-refractivity contribution in [3.05, 3.63) is 114 Å². The highest BCUT2D eigenvalue weighted by Gasteiger charge is 2.45. The van der Waals surface area contributed by atoms with Gasteiger partial charge in [-0.25, -0.2) is 9.97 Å². The van der Waals surface area contributed by atoms with Gasteiger partial charge in [0.05, 0.1) is 20.8 Å². The SMILES string of the molecule is COc1ccc(C(OC[C@H]2C[C@@H](Oc3ccncn3)C[C@@H]2O[P+](=O)O)(c2ccccc2)c2ccc(OC)cc2)cc1. The van der Waals surface area contributed by atoms with Crippen LogP contribution in [-0.4, -0.2) is 47.9 Å². The fourth-order valence-corrected chi connectivity index (χ4v) is 5.87. The molecule has 9 nitrogen and oxygen atoms in total. The van der Waals surface area contributed by atoms with E-state index in [9.17, 15) is 9.46 Å². The maximum Gasteiger partial charge on any atom is 0.695 e. The molecule has 41 heavy (non-hydrogen) atoms. The minimum Gasteiger partial charge on any atom is -0.497 e. The van der Waals surface area contributed by atoms with Crippen LogP contribution in [-0.2, 0) is 19.4 Å². The molecule has 1 saturated carbocycles. The summed E-state index contributed by atoms with van der Waals surface area (Å²) in [7, 11) is 0.449. The van der Waals surface area contributed by atoms with Crippen LogP contribution in [0.1, 0.15) is 29.5 Å². The van der Waals surface area contributed by atoms with Crippen LogP contribution < -0.4 is 14.2 Å². The number of methoxy groups -OCH3 is 2. The van der Waals surface area contributed by atoms with E-state index in [0.29, 0.717) is 18.7 Å². The van der Waals surface area contributed by atoms with Gasteiger partial charge in [-0.3, -0.25) is 0 Å². The molecule has 10 heteroatoms. The van der Waals surface area contributed by atoms with Crippen LogP contribution in [0, 0.1) is 5.92 Å². The number of rotatable bonds is 12. The van der Waals surface area contributed by atoms with E-state index in [-0.39, 0.29) is 18.6 Å². The van der Waals surface area contributed by atoms with Crippen LogP contribution in [0.25, 0.3) is 0 Å². The van der Waals surface area contributed by atoms with Gasteiger partial charge in [0.25, 0.3) is 0 Å². The minimum atomic E-state index is -2.81. The number of nitrogens with zero attached hydrogens (tertiary/aromatic N) is 2. The maximum atomic E-state index is 11.8.